The van der Waals surface area contributed by atoms with Crippen LogP contribution in [-0.4, -0.2) is 6.29 Å². The van der Waals surface area contributed by atoms with Crippen LogP contribution in [0.2, 0.25) is 0 Å². The lowest BCUT2D eigenvalue weighted by Gasteiger charge is -1.89. The van der Waals surface area contributed by atoms with Crippen LogP contribution in [0.15, 0.2) is 24.3 Å². The summed E-state index contributed by atoms with van der Waals surface area (Å²) in [6.07, 6.45) is 0.847. The van der Waals surface area contributed by atoms with Crippen molar-refractivity contribution in [3.63, 3.8) is 0 Å². The van der Waals surface area contributed by atoms with E-state index in [2.05, 4.69) is 0 Å². The van der Waals surface area contributed by atoms with Gasteiger partial charge in [0.05, 0.1) is 0 Å². The van der Waals surface area contributed by atoms with Crippen molar-refractivity contribution in [1.29, 1.82) is 0 Å². The van der Waals surface area contributed by atoms with Crippen molar-refractivity contribution in [3.8, 4) is 0 Å². The van der Waals surface area contributed by atoms with Gasteiger partial charge in [0.15, 0.2) is 0 Å². The molecule has 1 heteroatoms. The Balaban J connectivity index is 0.000000461. The van der Waals surface area contributed by atoms with Gasteiger partial charge in [-0.25, -0.2) is 0 Å². The van der Waals surface area contributed by atoms with Gasteiger partial charge in [0.1, 0.15) is 6.29 Å². The standard InChI is InChI=1S/C8H8O.C2H6/c1-7-2-4-8(6-9)5-3-7;1-2/h2-6H,1H3;1-2H3. The lowest BCUT2D eigenvalue weighted by molar-refractivity contribution is 0.112. The van der Waals surface area contributed by atoms with Crippen molar-refractivity contribution in [2.24, 2.45) is 0 Å². The highest BCUT2D eigenvalue weighted by Crippen LogP contribution is 1.98. The van der Waals surface area contributed by atoms with E-state index in [-0.39, 0.29) is 0 Å². The highest BCUT2D eigenvalue weighted by molar-refractivity contribution is 5.74. The van der Waals surface area contributed by atoms with Gasteiger partial charge >= 0.3 is 0 Å². The Labute approximate surface area is 68.1 Å². The topological polar surface area (TPSA) is 17.1 Å². The van der Waals surface area contributed by atoms with Crippen LogP contribution in [0.3, 0.4) is 0 Å². The van der Waals surface area contributed by atoms with Crippen LogP contribution in [0.25, 0.3) is 0 Å². The molecule has 0 bridgehead atoms. The molecule has 0 aliphatic heterocycles. The first-order valence-electron chi connectivity index (χ1n) is 3.85. The first-order valence-corrected chi connectivity index (χ1v) is 3.85. The van der Waals surface area contributed by atoms with Crippen LogP contribution < -0.4 is 0 Å². The van der Waals surface area contributed by atoms with E-state index in [1.165, 1.54) is 5.56 Å². The number of aryl methyl sites for hydroxylation is 1. The minimum Gasteiger partial charge on any atom is -0.298 e. The molecule has 0 saturated carbocycles. The summed E-state index contributed by atoms with van der Waals surface area (Å²) in [5.41, 5.74) is 1.92. The largest absolute Gasteiger partial charge is 0.298 e. The summed E-state index contributed by atoms with van der Waals surface area (Å²) < 4.78 is 0. The normalized spacial score (nSPS) is 7.91. The molecule has 0 spiro atoms. The number of carbonyl (C=O) groups is 1. The molecule has 0 atom stereocenters. The highest BCUT2D eigenvalue weighted by Gasteiger charge is 1.85. The van der Waals surface area contributed by atoms with Crippen molar-refractivity contribution in [2.75, 3.05) is 0 Å². The first-order chi connectivity index (χ1) is 5.33. The van der Waals surface area contributed by atoms with Crippen LogP contribution in [0.4, 0.5) is 0 Å². The van der Waals surface area contributed by atoms with Crippen molar-refractivity contribution >= 4 is 6.29 Å². The summed E-state index contributed by atoms with van der Waals surface area (Å²) in [5.74, 6) is 0. The fourth-order valence-electron chi connectivity index (χ4n) is 0.645. The average molecular weight is 150 g/mol. The molecule has 0 amide bonds. The van der Waals surface area contributed by atoms with Gasteiger partial charge in [0.25, 0.3) is 0 Å². The van der Waals surface area contributed by atoms with E-state index in [9.17, 15) is 4.79 Å². The Kier molecular flexibility index (Phi) is 5.09. The molecule has 0 aromatic heterocycles. The van der Waals surface area contributed by atoms with E-state index in [4.69, 9.17) is 0 Å². The number of hydrogen-bond donors (Lipinski definition) is 0. The Morgan fingerprint density at radius 1 is 1.09 bits per heavy atom. The molecule has 1 aromatic carbocycles. The van der Waals surface area contributed by atoms with Crippen LogP contribution in [0, 0.1) is 6.92 Å². The van der Waals surface area contributed by atoms with Gasteiger partial charge in [-0.2, -0.15) is 0 Å². The van der Waals surface area contributed by atoms with Crippen molar-refractivity contribution < 1.29 is 4.79 Å². The highest BCUT2D eigenvalue weighted by atomic mass is 16.1. The number of aldehydes is 1. The molecule has 0 radical (unpaired) electrons. The Morgan fingerprint density at radius 2 is 1.55 bits per heavy atom. The van der Waals surface area contributed by atoms with Crippen molar-refractivity contribution in [2.45, 2.75) is 20.8 Å². The Bertz CT molecular complexity index is 199. The van der Waals surface area contributed by atoms with Gasteiger partial charge in [-0.15, -0.1) is 0 Å². The summed E-state index contributed by atoms with van der Waals surface area (Å²) in [6, 6.07) is 7.46. The summed E-state index contributed by atoms with van der Waals surface area (Å²) in [5, 5.41) is 0. The molecule has 60 valence electrons. The average Bonchev–Trinajstić information content (AvgIpc) is 2.10. The molecule has 1 nitrogen and oxygen atoms in total. The molecule has 0 aliphatic rings. The predicted molar refractivity (Wildman–Crippen MR) is 47.9 cm³/mol. The monoisotopic (exact) mass is 150 g/mol. The SMILES string of the molecule is CC.Cc1ccc(C=O)cc1. The first kappa shape index (κ1) is 9.89. The molecule has 0 heterocycles. The zero-order chi connectivity index (χ0) is 8.69. The lowest BCUT2D eigenvalue weighted by Crippen LogP contribution is -1.77. The molecule has 0 unspecified atom stereocenters. The predicted octanol–water partition coefficient (Wildman–Crippen LogP) is 2.83. The molecular formula is C10H14O. The Morgan fingerprint density at radius 3 is 1.91 bits per heavy atom. The minimum absolute atomic E-state index is 0.737. The van der Waals surface area contributed by atoms with E-state index in [0.29, 0.717) is 0 Å². The van der Waals surface area contributed by atoms with Gasteiger partial charge in [-0.1, -0.05) is 43.7 Å². The number of rotatable bonds is 1. The fraction of sp³-hybridized carbons (Fsp3) is 0.300. The molecule has 0 saturated heterocycles. The molecule has 1 aromatic rings. The van der Waals surface area contributed by atoms with Crippen LogP contribution in [-0.2, 0) is 0 Å². The quantitative estimate of drug-likeness (QED) is 0.562. The van der Waals surface area contributed by atoms with Crippen LogP contribution >= 0.6 is 0 Å². The van der Waals surface area contributed by atoms with Crippen LogP contribution in [0.5, 0.6) is 0 Å². The van der Waals surface area contributed by atoms with Crippen LogP contribution in [0.1, 0.15) is 29.8 Å². The second kappa shape index (κ2) is 5.66. The van der Waals surface area contributed by atoms with Gasteiger partial charge in [0.2, 0.25) is 0 Å². The summed E-state index contributed by atoms with van der Waals surface area (Å²) in [7, 11) is 0. The van der Waals surface area contributed by atoms with Gasteiger partial charge < -0.3 is 0 Å². The second-order valence-electron chi connectivity index (χ2n) is 2.03. The third-order valence-electron chi connectivity index (χ3n) is 1.21. The zero-order valence-corrected chi connectivity index (χ0v) is 7.29. The van der Waals surface area contributed by atoms with E-state index in [1.807, 2.05) is 45.0 Å². The smallest absolute Gasteiger partial charge is 0.150 e. The van der Waals surface area contributed by atoms with Gasteiger partial charge in [-0.05, 0) is 6.92 Å². The van der Waals surface area contributed by atoms with Gasteiger partial charge in [0, 0.05) is 5.56 Å². The summed E-state index contributed by atoms with van der Waals surface area (Å²) in [4.78, 5) is 10.1. The lowest BCUT2D eigenvalue weighted by atomic mass is 10.2. The summed E-state index contributed by atoms with van der Waals surface area (Å²) in [6.45, 7) is 5.99. The van der Waals surface area contributed by atoms with Crippen molar-refractivity contribution in [1.82, 2.24) is 0 Å². The second-order valence-corrected chi connectivity index (χ2v) is 2.03. The maximum absolute atomic E-state index is 10.1. The van der Waals surface area contributed by atoms with Gasteiger partial charge in [-0.3, -0.25) is 4.79 Å². The molecule has 0 N–H and O–H groups in total. The number of benzene rings is 1. The zero-order valence-electron chi connectivity index (χ0n) is 7.29. The van der Waals surface area contributed by atoms with Crippen molar-refractivity contribution in [3.05, 3.63) is 35.4 Å². The minimum atomic E-state index is 0.737. The fourth-order valence-corrected chi connectivity index (χ4v) is 0.645. The summed E-state index contributed by atoms with van der Waals surface area (Å²) >= 11 is 0. The molecule has 1 rings (SSSR count). The maximum atomic E-state index is 10.1. The molecule has 0 fully saturated rings. The third-order valence-corrected chi connectivity index (χ3v) is 1.21. The molecule has 11 heavy (non-hydrogen) atoms. The number of carbonyl (C=O) groups excluding carboxylic acids is 1. The van der Waals surface area contributed by atoms with E-state index in [1.54, 1.807) is 0 Å². The number of hydrogen-bond acceptors (Lipinski definition) is 1. The molecule has 0 aliphatic carbocycles. The Hall–Kier alpha value is -1.11. The van der Waals surface area contributed by atoms with E-state index < -0.39 is 0 Å². The molecular weight excluding hydrogens is 136 g/mol. The third kappa shape index (κ3) is 3.56. The van der Waals surface area contributed by atoms with E-state index in [0.717, 1.165) is 11.8 Å². The maximum Gasteiger partial charge on any atom is 0.150 e. The van der Waals surface area contributed by atoms with E-state index >= 15 is 0 Å².